The molecule has 0 fully saturated rings. The van der Waals surface area contributed by atoms with Crippen LogP contribution >= 0.6 is 0 Å². The summed E-state index contributed by atoms with van der Waals surface area (Å²) in [5.41, 5.74) is 6.46. The van der Waals surface area contributed by atoms with Crippen LogP contribution in [0.1, 0.15) is 6.92 Å². The van der Waals surface area contributed by atoms with Crippen LogP contribution in [0.5, 0.6) is 5.75 Å². The van der Waals surface area contributed by atoms with Crippen LogP contribution in [0.3, 0.4) is 0 Å². The van der Waals surface area contributed by atoms with Gasteiger partial charge in [-0.3, -0.25) is 4.79 Å². The number of carbonyl (C=O) groups excluding carboxylic acids is 1. The minimum atomic E-state index is -0.154. The average Bonchev–Trinajstić information content (AvgIpc) is 2.36. The number of nitrogens with one attached hydrogen (secondary N) is 2. The Balaban J connectivity index is 2.56. The number of benzene rings is 1. The minimum Gasteiger partial charge on any atom is -0.484 e. The van der Waals surface area contributed by atoms with Crippen LogP contribution in [-0.2, 0) is 4.79 Å². The van der Waals surface area contributed by atoms with Gasteiger partial charge in [-0.2, -0.15) is 0 Å². The van der Waals surface area contributed by atoms with Gasteiger partial charge in [-0.1, -0.05) is 6.07 Å². The molecule has 1 unspecified atom stereocenters. The third-order valence-electron chi connectivity index (χ3n) is 2.25. The van der Waals surface area contributed by atoms with Crippen LogP contribution < -0.4 is 21.1 Å². The van der Waals surface area contributed by atoms with Crippen molar-refractivity contribution in [2.24, 2.45) is 5.73 Å². The van der Waals surface area contributed by atoms with E-state index in [1.165, 1.54) is 0 Å². The summed E-state index contributed by atoms with van der Waals surface area (Å²) in [6, 6.07) is 7.64. The van der Waals surface area contributed by atoms with E-state index in [1.807, 2.05) is 25.1 Å². The summed E-state index contributed by atoms with van der Waals surface area (Å²) in [6.07, 6.45) is 0. The van der Waals surface area contributed by atoms with Crippen molar-refractivity contribution in [1.82, 2.24) is 5.32 Å². The summed E-state index contributed by atoms with van der Waals surface area (Å²) < 4.78 is 5.33. The van der Waals surface area contributed by atoms with Crippen molar-refractivity contribution in [1.29, 1.82) is 0 Å². The SMILES string of the molecule is CNC(=O)COc1cccc(NC(C)CN)c1. The van der Waals surface area contributed by atoms with Crippen molar-refractivity contribution in [2.75, 3.05) is 25.5 Å². The van der Waals surface area contributed by atoms with Gasteiger partial charge < -0.3 is 21.1 Å². The fourth-order valence-corrected chi connectivity index (χ4v) is 1.24. The van der Waals surface area contributed by atoms with Crippen LogP contribution in [0, 0.1) is 0 Å². The van der Waals surface area contributed by atoms with E-state index in [0.717, 1.165) is 5.69 Å². The number of nitrogens with two attached hydrogens (primary N) is 1. The first kappa shape index (κ1) is 13.3. The predicted molar refractivity (Wildman–Crippen MR) is 68.1 cm³/mol. The van der Waals surface area contributed by atoms with Crippen molar-refractivity contribution in [3.8, 4) is 5.75 Å². The Kier molecular flexibility index (Phi) is 5.29. The predicted octanol–water partition coefficient (Wildman–Crippen LogP) is 0.570. The molecule has 5 nitrogen and oxygen atoms in total. The summed E-state index contributed by atoms with van der Waals surface area (Å²) in [7, 11) is 1.58. The molecule has 1 rings (SSSR count). The molecule has 0 radical (unpaired) electrons. The highest BCUT2D eigenvalue weighted by atomic mass is 16.5. The third-order valence-corrected chi connectivity index (χ3v) is 2.25. The normalized spacial score (nSPS) is 11.7. The fraction of sp³-hybridized carbons (Fsp3) is 0.417. The van der Waals surface area contributed by atoms with Gasteiger partial charge in [-0.25, -0.2) is 0 Å². The van der Waals surface area contributed by atoms with E-state index in [-0.39, 0.29) is 18.6 Å². The molecule has 0 bridgehead atoms. The quantitative estimate of drug-likeness (QED) is 0.676. The maximum atomic E-state index is 11.0. The Morgan fingerprint density at radius 2 is 2.29 bits per heavy atom. The number of hydrogen-bond acceptors (Lipinski definition) is 4. The monoisotopic (exact) mass is 237 g/mol. The van der Waals surface area contributed by atoms with E-state index in [0.29, 0.717) is 12.3 Å². The molecule has 0 saturated heterocycles. The van der Waals surface area contributed by atoms with Crippen molar-refractivity contribution >= 4 is 11.6 Å². The largest absolute Gasteiger partial charge is 0.484 e. The summed E-state index contributed by atoms with van der Waals surface area (Å²) in [6.45, 7) is 2.58. The highest BCUT2D eigenvalue weighted by molar-refractivity contribution is 5.77. The summed E-state index contributed by atoms with van der Waals surface area (Å²) in [5.74, 6) is 0.501. The molecule has 1 aromatic carbocycles. The van der Waals surface area contributed by atoms with Crippen LogP contribution in [0.2, 0.25) is 0 Å². The first-order chi connectivity index (χ1) is 8.15. The highest BCUT2D eigenvalue weighted by Gasteiger charge is 2.02. The number of ether oxygens (including phenoxy) is 1. The third kappa shape index (κ3) is 4.74. The molecule has 0 spiro atoms. The van der Waals surface area contributed by atoms with E-state index in [9.17, 15) is 4.79 Å². The lowest BCUT2D eigenvalue weighted by Crippen LogP contribution is -2.25. The Morgan fingerprint density at radius 1 is 1.53 bits per heavy atom. The van der Waals surface area contributed by atoms with Gasteiger partial charge in [0, 0.05) is 31.4 Å². The lowest BCUT2D eigenvalue weighted by atomic mass is 10.2. The molecule has 0 heterocycles. The van der Waals surface area contributed by atoms with Gasteiger partial charge in [-0.05, 0) is 19.1 Å². The number of anilines is 1. The highest BCUT2D eigenvalue weighted by Crippen LogP contribution is 2.17. The number of rotatable bonds is 6. The van der Waals surface area contributed by atoms with Crippen molar-refractivity contribution < 1.29 is 9.53 Å². The van der Waals surface area contributed by atoms with Crippen LogP contribution in [0.15, 0.2) is 24.3 Å². The summed E-state index contributed by atoms with van der Waals surface area (Å²) in [5, 5.41) is 5.72. The molecule has 0 saturated carbocycles. The zero-order valence-corrected chi connectivity index (χ0v) is 10.2. The fourth-order valence-electron chi connectivity index (χ4n) is 1.24. The zero-order valence-electron chi connectivity index (χ0n) is 10.2. The van der Waals surface area contributed by atoms with E-state index < -0.39 is 0 Å². The minimum absolute atomic E-state index is 0.0202. The molecular formula is C12H19N3O2. The first-order valence-corrected chi connectivity index (χ1v) is 5.55. The standard InChI is InChI=1S/C12H19N3O2/c1-9(7-13)15-10-4-3-5-11(6-10)17-8-12(16)14-2/h3-6,9,15H,7-8,13H2,1-2H3,(H,14,16). The van der Waals surface area contributed by atoms with E-state index in [4.69, 9.17) is 10.5 Å². The van der Waals surface area contributed by atoms with Gasteiger partial charge in [-0.15, -0.1) is 0 Å². The van der Waals surface area contributed by atoms with E-state index in [1.54, 1.807) is 13.1 Å². The van der Waals surface area contributed by atoms with Crippen molar-refractivity contribution in [2.45, 2.75) is 13.0 Å². The number of carbonyl (C=O) groups is 1. The number of likely N-dealkylation sites (N-methyl/N-ethyl adjacent to an activating group) is 1. The molecule has 17 heavy (non-hydrogen) atoms. The average molecular weight is 237 g/mol. The molecule has 1 aromatic rings. The second kappa shape index (κ2) is 6.75. The molecule has 1 atom stereocenters. The van der Waals surface area contributed by atoms with Gasteiger partial charge in [0.25, 0.3) is 5.91 Å². The lowest BCUT2D eigenvalue weighted by molar-refractivity contribution is -0.122. The number of hydrogen-bond donors (Lipinski definition) is 3. The maximum absolute atomic E-state index is 11.0. The molecule has 94 valence electrons. The molecule has 0 aliphatic rings. The first-order valence-electron chi connectivity index (χ1n) is 5.55. The molecule has 0 aromatic heterocycles. The van der Waals surface area contributed by atoms with Crippen molar-refractivity contribution in [3.63, 3.8) is 0 Å². The van der Waals surface area contributed by atoms with Crippen molar-refractivity contribution in [3.05, 3.63) is 24.3 Å². The molecule has 5 heteroatoms. The second-order valence-corrected chi connectivity index (χ2v) is 3.77. The molecule has 4 N–H and O–H groups in total. The molecule has 1 amide bonds. The van der Waals surface area contributed by atoms with E-state index in [2.05, 4.69) is 10.6 Å². The van der Waals surface area contributed by atoms with Gasteiger partial charge in [0.15, 0.2) is 6.61 Å². The van der Waals surface area contributed by atoms with Crippen LogP contribution in [0.4, 0.5) is 5.69 Å². The van der Waals surface area contributed by atoms with Crippen LogP contribution in [-0.4, -0.2) is 32.1 Å². The Hall–Kier alpha value is -1.75. The number of amides is 1. The Morgan fingerprint density at radius 3 is 2.94 bits per heavy atom. The smallest absolute Gasteiger partial charge is 0.257 e. The summed E-state index contributed by atoms with van der Waals surface area (Å²) in [4.78, 5) is 11.0. The van der Waals surface area contributed by atoms with Gasteiger partial charge >= 0.3 is 0 Å². The van der Waals surface area contributed by atoms with Gasteiger partial charge in [0.2, 0.25) is 0 Å². The Labute approximate surface area is 101 Å². The Bertz CT molecular complexity index is 369. The topological polar surface area (TPSA) is 76.4 Å². The lowest BCUT2D eigenvalue weighted by Gasteiger charge is -2.13. The van der Waals surface area contributed by atoms with Gasteiger partial charge in [0.05, 0.1) is 0 Å². The molecule has 0 aliphatic heterocycles. The van der Waals surface area contributed by atoms with E-state index >= 15 is 0 Å². The van der Waals surface area contributed by atoms with Crippen LogP contribution in [0.25, 0.3) is 0 Å². The maximum Gasteiger partial charge on any atom is 0.257 e. The second-order valence-electron chi connectivity index (χ2n) is 3.77. The zero-order chi connectivity index (χ0) is 12.7. The molecule has 0 aliphatic carbocycles. The summed E-state index contributed by atoms with van der Waals surface area (Å²) >= 11 is 0. The molecular weight excluding hydrogens is 218 g/mol. The van der Waals surface area contributed by atoms with Gasteiger partial charge in [0.1, 0.15) is 5.75 Å².